The zero-order valence-electron chi connectivity index (χ0n) is 20.2. The van der Waals surface area contributed by atoms with Crippen molar-refractivity contribution in [1.29, 1.82) is 0 Å². The summed E-state index contributed by atoms with van der Waals surface area (Å²) < 4.78 is 0. The highest BCUT2D eigenvalue weighted by atomic mass is 16.3. The van der Waals surface area contributed by atoms with E-state index in [4.69, 9.17) is 0 Å². The van der Waals surface area contributed by atoms with Gasteiger partial charge in [-0.1, -0.05) is 30.3 Å². The lowest BCUT2D eigenvalue weighted by Crippen LogP contribution is -2.15. The zero-order chi connectivity index (χ0) is 23.9. The smallest absolute Gasteiger partial charge is 0.0965 e. The third-order valence-corrected chi connectivity index (χ3v) is 7.03. The van der Waals surface area contributed by atoms with Crippen molar-refractivity contribution >= 4 is 16.6 Å². The number of aromatic nitrogens is 2. The summed E-state index contributed by atoms with van der Waals surface area (Å²) >= 11 is 0. The van der Waals surface area contributed by atoms with Crippen LogP contribution in [-0.2, 0) is 24.9 Å². The van der Waals surface area contributed by atoms with Crippen LogP contribution < -0.4 is 5.32 Å². The van der Waals surface area contributed by atoms with E-state index in [-0.39, 0.29) is 0 Å². The van der Waals surface area contributed by atoms with E-state index < -0.39 is 11.7 Å². The Bertz CT molecular complexity index is 1330. The van der Waals surface area contributed by atoms with Crippen molar-refractivity contribution in [3.63, 3.8) is 0 Å². The van der Waals surface area contributed by atoms with Crippen molar-refractivity contribution in [2.45, 2.75) is 58.2 Å². The second kappa shape index (κ2) is 8.90. The maximum Gasteiger partial charge on any atom is 0.0965 e. The van der Waals surface area contributed by atoms with Crippen molar-refractivity contribution in [3.05, 3.63) is 93.9 Å². The minimum absolute atomic E-state index is 0.415. The molecule has 4 aromatic rings. The minimum Gasteiger partial charge on any atom is -0.387 e. The maximum absolute atomic E-state index is 10.5. The number of benzene rings is 2. The summed E-state index contributed by atoms with van der Waals surface area (Å²) in [6.45, 7) is 6.62. The number of aromatic amines is 1. The molecule has 2 aromatic heterocycles. The number of hydrogen-bond donors (Lipinski definition) is 4. The van der Waals surface area contributed by atoms with Crippen LogP contribution in [0.2, 0.25) is 0 Å². The van der Waals surface area contributed by atoms with Crippen LogP contribution in [0.4, 0.5) is 5.69 Å². The van der Waals surface area contributed by atoms with Crippen molar-refractivity contribution in [2.24, 2.45) is 0 Å². The fourth-order valence-electron chi connectivity index (χ4n) is 5.22. The number of nitrogens with one attached hydrogen (secondary N) is 2. The van der Waals surface area contributed by atoms with Gasteiger partial charge in [0.15, 0.2) is 0 Å². The van der Waals surface area contributed by atoms with Gasteiger partial charge in [-0.25, -0.2) is 0 Å². The average Bonchev–Trinajstić information content (AvgIpc) is 3.39. The maximum atomic E-state index is 10.5. The van der Waals surface area contributed by atoms with Gasteiger partial charge in [-0.15, -0.1) is 0 Å². The van der Waals surface area contributed by atoms with Gasteiger partial charge in [-0.2, -0.15) is 0 Å². The molecule has 0 saturated heterocycles. The van der Waals surface area contributed by atoms with Gasteiger partial charge in [0, 0.05) is 35.6 Å². The van der Waals surface area contributed by atoms with E-state index in [1.807, 2.05) is 32.2 Å². The molecule has 4 N–H and O–H groups in total. The number of rotatable bonds is 7. The second-order valence-corrected chi connectivity index (χ2v) is 9.99. The summed E-state index contributed by atoms with van der Waals surface area (Å²) in [6, 6.07) is 14.8. The minimum atomic E-state index is -0.880. The van der Waals surface area contributed by atoms with Crippen LogP contribution in [0.25, 0.3) is 10.9 Å². The van der Waals surface area contributed by atoms with E-state index in [2.05, 4.69) is 58.7 Å². The van der Waals surface area contributed by atoms with Gasteiger partial charge in [0.1, 0.15) is 0 Å². The van der Waals surface area contributed by atoms with E-state index in [0.717, 1.165) is 54.7 Å². The van der Waals surface area contributed by atoms with Crippen LogP contribution in [0.15, 0.2) is 54.9 Å². The van der Waals surface area contributed by atoms with Crippen molar-refractivity contribution in [3.8, 4) is 0 Å². The van der Waals surface area contributed by atoms with E-state index in [9.17, 15) is 10.2 Å². The topological polar surface area (TPSA) is 81.2 Å². The number of fused-ring (bicyclic) bond motifs is 2. The molecule has 0 aliphatic heterocycles. The first-order valence-electron chi connectivity index (χ1n) is 12.1. The van der Waals surface area contributed by atoms with E-state index in [0.29, 0.717) is 0 Å². The molecular weight excluding hydrogens is 422 g/mol. The first kappa shape index (κ1) is 22.6. The van der Waals surface area contributed by atoms with Gasteiger partial charge >= 0.3 is 0 Å². The quantitative estimate of drug-likeness (QED) is 0.304. The Morgan fingerprint density at radius 2 is 2.00 bits per heavy atom. The monoisotopic (exact) mass is 455 g/mol. The Morgan fingerprint density at radius 3 is 2.79 bits per heavy atom. The Hall–Kier alpha value is -3.15. The van der Waals surface area contributed by atoms with Crippen molar-refractivity contribution < 1.29 is 10.2 Å². The number of pyridine rings is 1. The summed E-state index contributed by atoms with van der Waals surface area (Å²) in [6.07, 6.45) is 6.89. The fourth-order valence-corrected chi connectivity index (χ4v) is 5.22. The molecule has 0 bridgehead atoms. The molecule has 5 nitrogen and oxygen atoms in total. The molecule has 5 rings (SSSR count). The van der Waals surface area contributed by atoms with Crippen LogP contribution in [0.1, 0.15) is 65.4 Å². The number of H-pyrrole nitrogens is 1. The highest BCUT2D eigenvalue weighted by molar-refractivity contribution is 5.86. The highest BCUT2D eigenvalue weighted by Crippen LogP contribution is 2.33. The van der Waals surface area contributed by atoms with Crippen LogP contribution in [0.3, 0.4) is 0 Å². The van der Waals surface area contributed by atoms with E-state index in [1.54, 1.807) is 0 Å². The molecule has 0 spiro atoms. The molecule has 0 radical (unpaired) electrons. The normalized spacial score (nSPS) is 15.6. The predicted octanol–water partition coefficient (Wildman–Crippen LogP) is 5.32. The molecule has 2 heterocycles. The van der Waals surface area contributed by atoms with Crippen molar-refractivity contribution in [1.82, 2.24) is 9.97 Å². The zero-order valence-corrected chi connectivity index (χ0v) is 20.2. The molecule has 34 heavy (non-hydrogen) atoms. The number of aliphatic hydroxyl groups is 2. The molecule has 0 amide bonds. The molecule has 0 fully saturated rings. The molecule has 176 valence electrons. The summed E-state index contributed by atoms with van der Waals surface area (Å²) in [5.41, 5.74) is 9.31. The number of aliphatic hydroxyl groups excluding tert-OH is 1. The van der Waals surface area contributed by atoms with Crippen LogP contribution in [-0.4, -0.2) is 26.7 Å². The lowest BCUT2D eigenvalue weighted by Gasteiger charge is -2.18. The molecular formula is C29H33N3O2. The predicted molar refractivity (Wildman–Crippen MR) is 137 cm³/mol. The molecule has 2 aromatic carbocycles. The van der Waals surface area contributed by atoms with Crippen molar-refractivity contribution in [2.75, 3.05) is 11.9 Å². The SMILES string of the molecule is Cc1cc(Cc2ccnc3c2CCC3O)ccc1NCCc1c[nH]c2c(C(C)(C)O)cccc12. The van der Waals surface area contributed by atoms with Gasteiger partial charge < -0.3 is 20.5 Å². The molecule has 5 heteroatoms. The van der Waals surface area contributed by atoms with Gasteiger partial charge in [0.05, 0.1) is 22.9 Å². The van der Waals surface area contributed by atoms with E-state index in [1.165, 1.54) is 33.2 Å². The third-order valence-electron chi connectivity index (χ3n) is 7.03. The Balaban J connectivity index is 1.26. The first-order chi connectivity index (χ1) is 16.3. The van der Waals surface area contributed by atoms with Gasteiger partial charge in [-0.3, -0.25) is 4.98 Å². The van der Waals surface area contributed by atoms with Gasteiger partial charge in [-0.05, 0) is 86.4 Å². The summed E-state index contributed by atoms with van der Waals surface area (Å²) in [7, 11) is 0. The largest absolute Gasteiger partial charge is 0.387 e. The summed E-state index contributed by atoms with van der Waals surface area (Å²) in [5.74, 6) is 0. The number of anilines is 1. The van der Waals surface area contributed by atoms with Crippen LogP contribution >= 0.6 is 0 Å². The number of para-hydroxylation sites is 1. The second-order valence-electron chi connectivity index (χ2n) is 9.99. The molecule has 1 atom stereocenters. The highest BCUT2D eigenvalue weighted by Gasteiger charge is 2.24. The van der Waals surface area contributed by atoms with Gasteiger partial charge in [0.2, 0.25) is 0 Å². The molecule has 1 aliphatic rings. The summed E-state index contributed by atoms with van der Waals surface area (Å²) in [4.78, 5) is 7.76. The van der Waals surface area contributed by atoms with Crippen LogP contribution in [0, 0.1) is 6.92 Å². The van der Waals surface area contributed by atoms with E-state index >= 15 is 0 Å². The molecule has 0 saturated carbocycles. The lowest BCUT2D eigenvalue weighted by molar-refractivity contribution is 0.0800. The molecule has 1 aliphatic carbocycles. The summed E-state index contributed by atoms with van der Waals surface area (Å²) in [5, 5.41) is 25.4. The fraction of sp³-hybridized carbons (Fsp3) is 0.345. The average molecular weight is 456 g/mol. The number of nitrogens with zero attached hydrogens (tertiary/aromatic N) is 1. The number of hydrogen-bond acceptors (Lipinski definition) is 4. The Kier molecular flexibility index (Phi) is 5.92. The van der Waals surface area contributed by atoms with Crippen LogP contribution in [0.5, 0.6) is 0 Å². The first-order valence-corrected chi connectivity index (χ1v) is 12.1. The third kappa shape index (κ3) is 4.33. The Labute approximate surface area is 200 Å². The Morgan fingerprint density at radius 1 is 1.15 bits per heavy atom. The molecule has 1 unspecified atom stereocenters. The number of aryl methyl sites for hydroxylation is 1. The standard InChI is InChI=1S/C29H33N3O2/c1-18-15-19(16-20-11-14-31-28-23(20)8-10-26(28)33)7-9-25(18)30-13-12-21-17-32-27-22(21)5-4-6-24(27)29(2,3)34/h4-7,9,11,14-15,17,26,30,32-34H,8,10,12-13,16H2,1-3H3. The van der Waals surface area contributed by atoms with Gasteiger partial charge in [0.25, 0.3) is 0 Å². The lowest BCUT2D eigenvalue weighted by atomic mass is 9.95.